The maximum absolute atomic E-state index is 12.3. The van der Waals surface area contributed by atoms with E-state index in [-0.39, 0.29) is 32.2 Å². The minimum atomic E-state index is -1.19. The van der Waals surface area contributed by atoms with Crippen molar-refractivity contribution < 1.29 is 29.0 Å². The number of hydrogen-bond acceptors (Lipinski definition) is 5. The predicted octanol–water partition coefficient (Wildman–Crippen LogP) is 1.33. The summed E-state index contributed by atoms with van der Waals surface area (Å²) in [6.07, 6.45) is -1.17. The maximum atomic E-state index is 12.3. The van der Waals surface area contributed by atoms with Gasteiger partial charge < -0.3 is 25.4 Å². The molecule has 3 amide bonds. The monoisotopic (exact) mass is 461 g/mol. The molecule has 1 atom stereocenters. The zero-order valence-electron chi connectivity index (χ0n) is 18.2. The molecule has 3 N–H and O–H groups in total. The number of piperazine rings is 1. The summed E-state index contributed by atoms with van der Waals surface area (Å²) in [6.45, 7) is 0.412. The van der Waals surface area contributed by atoms with Crippen LogP contribution in [0.5, 0.6) is 0 Å². The van der Waals surface area contributed by atoms with Gasteiger partial charge in [-0.15, -0.1) is 0 Å². The highest BCUT2D eigenvalue weighted by atomic mass is 16.5. The molecule has 0 aromatic heterocycles. The Morgan fingerprint density at radius 1 is 1.09 bits per heavy atom. The number of benzene rings is 2. The molecule has 1 heterocycles. The number of nitrogens with zero attached hydrogens (tertiary/aromatic N) is 1. The molecule has 1 aliphatic carbocycles. The summed E-state index contributed by atoms with van der Waals surface area (Å²) in [7, 11) is 0. The van der Waals surface area contributed by atoms with E-state index in [1.54, 1.807) is 0 Å². The number of carboxylic acids is 1. The third-order valence-electron chi connectivity index (χ3n) is 5.82. The number of amides is 3. The van der Waals surface area contributed by atoms with Crippen molar-refractivity contribution in [1.29, 1.82) is 0 Å². The Kier molecular flexibility index (Phi) is 6.78. The molecule has 1 fully saturated rings. The minimum Gasteiger partial charge on any atom is -0.481 e. The van der Waals surface area contributed by atoms with Crippen LogP contribution in [0.25, 0.3) is 11.1 Å². The van der Waals surface area contributed by atoms with E-state index in [4.69, 9.17) is 9.84 Å². The number of carboxylic acid groups (broad SMARTS) is 1. The number of nitrogens with one attached hydrogen (secondary N) is 2. The highest BCUT2D eigenvalue weighted by molar-refractivity contribution is 5.98. The van der Waals surface area contributed by atoms with Crippen LogP contribution in [-0.4, -0.2) is 66.2 Å². The lowest BCUT2D eigenvalue weighted by molar-refractivity contribution is -0.146. The Hall–Kier alpha value is -4.32. The van der Waals surface area contributed by atoms with Gasteiger partial charge in [-0.3, -0.25) is 14.4 Å². The SMILES string of the molecule is O=C(O)CC1C(=O)NCCN1C(=O)C#CCNC(=O)OCC1c2ccccc2-c2ccccc21. The summed E-state index contributed by atoms with van der Waals surface area (Å²) in [4.78, 5) is 48.6. The lowest BCUT2D eigenvalue weighted by Crippen LogP contribution is -2.57. The largest absolute Gasteiger partial charge is 0.481 e. The number of carbonyl (C=O) groups excluding carboxylic acids is 3. The molecule has 9 heteroatoms. The minimum absolute atomic E-state index is 0.0674. The van der Waals surface area contributed by atoms with E-state index in [0.717, 1.165) is 27.2 Å². The molecule has 1 unspecified atom stereocenters. The van der Waals surface area contributed by atoms with Gasteiger partial charge >= 0.3 is 12.1 Å². The Morgan fingerprint density at radius 2 is 1.74 bits per heavy atom. The Balaban J connectivity index is 1.30. The van der Waals surface area contributed by atoms with Crippen LogP contribution in [0.1, 0.15) is 23.5 Å². The standard InChI is InChI=1S/C25H23N3O6/c29-22(28-13-12-26-24(32)21(28)14-23(30)31)10-5-11-27-25(33)34-15-20-18-8-3-1-6-16(18)17-7-2-4-9-19(17)20/h1-4,6-9,20-21H,11-15H2,(H,26,32)(H,27,33)(H,30,31). The molecular weight excluding hydrogens is 438 g/mol. The molecule has 34 heavy (non-hydrogen) atoms. The Bertz CT molecular complexity index is 1150. The van der Waals surface area contributed by atoms with Crippen LogP contribution in [0.15, 0.2) is 48.5 Å². The molecule has 4 rings (SSSR count). The van der Waals surface area contributed by atoms with Crippen molar-refractivity contribution in [3.63, 3.8) is 0 Å². The zero-order chi connectivity index (χ0) is 24.1. The number of alkyl carbamates (subject to hydrolysis) is 1. The second-order valence-corrected chi connectivity index (χ2v) is 7.88. The van der Waals surface area contributed by atoms with E-state index in [2.05, 4.69) is 22.5 Å². The summed E-state index contributed by atoms with van der Waals surface area (Å²) in [5.74, 6) is 2.42. The molecular formula is C25H23N3O6. The van der Waals surface area contributed by atoms with Crippen LogP contribution in [0.4, 0.5) is 4.79 Å². The van der Waals surface area contributed by atoms with Crippen LogP contribution >= 0.6 is 0 Å². The fourth-order valence-corrected chi connectivity index (χ4v) is 4.28. The first-order valence-electron chi connectivity index (χ1n) is 10.8. The molecule has 9 nitrogen and oxygen atoms in total. The summed E-state index contributed by atoms with van der Waals surface area (Å²) in [6, 6.07) is 14.9. The van der Waals surface area contributed by atoms with Crippen molar-refractivity contribution in [2.24, 2.45) is 0 Å². The Labute approximate surface area is 196 Å². The maximum Gasteiger partial charge on any atom is 0.407 e. The molecule has 0 spiro atoms. The van der Waals surface area contributed by atoms with Gasteiger partial charge in [-0.1, -0.05) is 54.5 Å². The molecule has 2 aromatic carbocycles. The van der Waals surface area contributed by atoms with Crippen molar-refractivity contribution in [2.75, 3.05) is 26.2 Å². The molecule has 0 bridgehead atoms. The highest BCUT2D eigenvalue weighted by Crippen LogP contribution is 2.44. The van der Waals surface area contributed by atoms with E-state index in [1.165, 1.54) is 0 Å². The van der Waals surface area contributed by atoms with Gasteiger partial charge in [0.1, 0.15) is 12.6 Å². The summed E-state index contributed by atoms with van der Waals surface area (Å²) in [5, 5.41) is 14.0. The molecule has 1 saturated heterocycles. The van der Waals surface area contributed by atoms with Gasteiger partial charge in [0.05, 0.1) is 13.0 Å². The van der Waals surface area contributed by atoms with Crippen molar-refractivity contribution in [2.45, 2.75) is 18.4 Å². The second-order valence-electron chi connectivity index (χ2n) is 7.88. The molecule has 2 aromatic rings. The molecule has 1 aliphatic heterocycles. The third kappa shape index (κ3) is 4.86. The Morgan fingerprint density at radius 3 is 2.38 bits per heavy atom. The fraction of sp³-hybridized carbons (Fsp3) is 0.280. The van der Waals surface area contributed by atoms with Crippen LogP contribution in [0.2, 0.25) is 0 Å². The molecule has 0 radical (unpaired) electrons. The van der Waals surface area contributed by atoms with E-state index in [1.807, 2.05) is 48.5 Å². The first-order valence-corrected chi connectivity index (χ1v) is 10.8. The average molecular weight is 461 g/mol. The molecule has 0 saturated carbocycles. The van der Waals surface area contributed by atoms with Crippen LogP contribution in [0, 0.1) is 11.8 Å². The number of carbonyl (C=O) groups is 4. The van der Waals surface area contributed by atoms with Gasteiger partial charge in [0.25, 0.3) is 5.91 Å². The molecule has 2 aliphatic rings. The van der Waals surface area contributed by atoms with Gasteiger partial charge in [-0.2, -0.15) is 0 Å². The predicted molar refractivity (Wildman–Crippen MR) is 122 cm³/mol. The number of hydrogen-bond donors (Lipinski definition) is 3. The van der Waals surface area contributed by atoms with Crippen molar-refractivity contribution in [3.8, 4) is 23.0 Å². The van der Waals surface area contributed by atoms with Gasteiger partial charge in [0, 0.05) is 19.0 Å². The second kappa shape index (κ2) is 10.1. The van der Waals surface area contributed by atoms with Gasteiger partial charge in [0.2, 0.25) is 5.91 Å². The van der Waals surface area contributed by atoms with Gasteiger partial charge in [-0.05, 0) is 28.2 Å². The molecule has 174 valence electrons. The normalized spacial score (nSPS) is 16.4. The van der Waals surface area contributed by atoms with Crippen molar-refractivity contribution in [3.05, 3.63) is 59.7 Å². The fourth-order valence-electron chi connectivity index (χ4n) is 4.28. The van der Waals surface area contributed by atoms with Crippen LogP contribution in [-0.2, 0) is 19.1 Å². The number of fused-ring (bicyclic) bond motifs is 3. The zero-order valence-corrected chi connectivity index (χ0v) is 18.2. The van der Waals surface area contributed by atoms with Crippen LogP contribution in [0.3, 0.4) is 0 Å². The van der Waals surface area contributed by atoms with Gasteiger partial charge in [-0.25, -0.2) is 4.79 Å². The number of aliphatic carboxylic acids is 1. The average Bonchev–Trinajstić information content (AvgIpc) is 3.15. The van der Waals surface area contributed by atoms with Crippen LogP contribution < -0.4 is 10.6 Å². The third-order valence-corrected chi connectivity index (χ3v) is 5.82. The lowest BCUT2D eigenvalue weighted by Gasteiger charge is -2.32. The quantitative estimate of drug-likeness (QED) is 0.577. The van der Waals surface area contributed by atoms with E-state index < -0.39 is 36.3 Å². The van der Waals surface area contributed by atoms with E-state index in [9.17, 15) is 19.2 Å². The van der Waals surface area contributed by atoms with Crippen molar-refractivity contribution in [1.82, 2.24) is 15.5 Å². The number of rotatable bonds is 5. The van der Waals surface area contributed by atoms with Crippen molar-refractivity contribution >= 4 is 23.9 Å². The smallest absolute Gasteiger partial charge is 0.407 e. The lowest BCUT2D eigenvalue weighted by atomic mass is 9.98. The summed E-state index contributed by atoms with van der Waals surface area (Å²) in [5.41, 5.74) is 4.46. The van der Waals surface area contributed by atoms with E-state index >= 15 is 0 Å². The highest BCUT2D eigenvalue weighted by Gasteiger charge is 2.34. The summed E-state index contributed by atoms with van der Waals surface area (Å²) >= 11 is 0. The van der Waals surface area contributed by atoms with E-state index in [0.29, 0.717) is 0 Å². The first kappa shape index (κ1) is 22.9. The summed E-state index contributed by atoms with van der Waals surface area (Å²) < 4.78 is 5.41. The van der Waals surface area contributed by atoms with Gasteiger partial charge in [0.15, 0.2) is 0 Å². The number of ether oxygens (including phenoxy) is 1. The first-order chi connectivity index (χ1) is 16.5. The topological polar surface area (TPSA) is 125 Å².